The van der Waals surface area contributed by atoms with Crippen LogP contribution in [0.15, 0.2) is 70.3 Å². The number of fused-ring (bicyclic) bond motifs is 1. The largest absolute Gasteiger partial charge is 0.493 e. The molecule has 0 fully saturated rings. The number of rotatable bonds is 9. The van der Waals surface area contributed by atoms with Crippen molar-refractivity contribution in [3.05, 3.63) is 104 Å². The van der Waals surface area contributed by atoms with Crippen molar-refractivity contribution in [1.82, 2.24) is 14.5 Å². The van der Waals surface area contributed by atoms with Crippen LogP contribution < -0.4 is 26.0 Å². The van der Waals surface area contributed by atoms with Crippen molar-refractivity contribution >= 4 is 16.8 Å². The summed E-state index contributed by atoms with van der Waals surface area (Å²) in [5.74, 6) is 0.160. The number of carbonyl (C=O) groups is 1. The number of nitrogens with one attached hydrogen (secondary N) is 1. The third kappa shape index (κ3) is 5.40. The van der Waals surface area contributed by atoms with E-state index in [1.807, 2.05) is 6.92 Å². The van der Waals surface area contributed by atoms with Crippen LogP contribution in [0.3, 0.4) is 0 Å². The summed E-state index contributed by atoms with van der Waals surface area (Å²) in [5.41, 5.74) is 1.22. The quantitative estimate of drug-likeness (QED) is 0.376. The SMILES string of the molecule is CCCNC(=O)c1ccc(Cn2c(=O)c3cc(OC)c(OC)cc3n(Cc3ccc(F)cc3)c2=O)cc1. The molecule has 37 heavy (non-hydrogen) atoms. The Morgan fingerprint density at radius 3 is 2.03 bits per heavy atom. The fourth-order valence-corrected chi connectivity index (χ4v) is 4.09. The van der Waals surface area contributed by atoms with Crippen LogP contribution in [-0.4, -0.2) is 35.8 Å². The molecule has 0 bridgehead atoms. The van der Waals surface area contributed by atoms with E-state index in [4.69, 9.17) is 9.47 Å². The fourth-order valence-electron chi connectivity index (χ4n) is 4.09. The maximum absolute atomic E-state index is 13.6. The van der Waals surface area contributed by atoms with Gasteiger partial charge in [0.05, 0.1) is 38.2 Å². The molecule has 8 nitrogen and oxygen atoms in total. The van der Waals surface area contributed by atoms with Crippen LogP contribution >= 0.6 is 0 Å². The van der Waals surface area contributed by atoms with E-state index in [2.05, 4.69) is 5.32 Å². The van der Waals surface area contributed by atoms with Crippen LogP contribution in [-0.2, 0) is 13.1 Å². The van der Waals surface area contributed by atoms with Crippen molar-refractivity contribution < 1.29 is 18.7 Å². The molecule has 0 saturated heterocycles. The zero-order valence-corrected chi connectivity index (χ0v) is 20.9. The Labute approximate surface area is 212 Å². The average Bonchev–Trinajstić information content (AvgIpc) is 2.92. The predicted molar refractivity (Wildman–Crippen MR) is 139 cm³/mol. The van der Waals surface area contributed by atoms with Gasteiger partial charge in [-0.3, -0.25) is 18.7 Å². The Balaban J connectivity index is 1.82. The van der Waals surface area contributed by atoms with Crippen molar-refractivity contribution in [2.45, 2.75) is 26.4 Å². The molecule has 0 unspecified atom stereocenters. The van der Waals surface area contributed by atoms with Gasteiger partial charge in [0.1, 0.15) is 5.82 Å². The zero-order chi connectivity index (χ0) is 26.5. The molecule has 0 spiro atoms. The normalized spacial score (nSPS) is 10.9. The van der Waals surface area contributed by atoms with Gasteiger partial charge >= 0.3 is 5.69 Å². The summed E-state index contributed by atoms with van der Waals surface area (Å²) in [6.45, 7) is 2.66. The van der Waals surface area contributed by atoms with Gasteiger partial charge in [-0.25, -0.2) is 9.18 Å². The third-order valence-electron chi connectivity index (χ3n) is 6.08. The topological polar surface area (TPSA) is 91.6 Å². The monoisotopic (exact) mass is 505 g/mol. The van der Waals surface area contributed by atoms with Crippen LogP contribution in [0.25, 0.3) is 10.9 Å². The number of benzene rings is 3. The minimum absolute atomic E-state index is 0.00221. The zero-order valence-electron chi connectivity index (χ0n) is 20.9. The van der Waals surface area contributed by atoms with Gasteiger partial charge in [0, 0.05) is 18.2 Å². The Hall–Kier alpha value is -4.40. The van der Waals surface area contributed by atoms with E-state index in [9.17, 15) is 18.8 Å². The fraction of sp³-hybridized carbons (Fsp3) is 0.250. The van der Waals surface area contributed by atoms with Crippen LogP contribution in [0, 0.1) is 5.82 Å². The lowest BCUT2D eigenvalue weighted by molar-refractivity contribution is 0.0953. The minimum atomic E-state index is -0.529. The van der Waals surface area contributed by atoms with E-state index in [1.165, 1.54) is 30.9 Å². The molecule has 1 aromatic heterocycles. The van der Waals surface area contributed by atoms with Crippen molar-refractivity contribution in [1.29, 1.82) is 0 Å². The van der Waals surface area contributed by atoms with Gasteiger partial charge in [0.25, 0.3) is 11.5 Å². The van der Waals surface area contributed by atoms with Crippen molar-refractivity contribution in [2.24, 2.45) is 0 Å². The molecule has 0 atom stereocenters. The number of aromatic nitrogens is 2. The second-order valence-corrected chi connectivity index (χ2v) is 8.56. The average molecular weight is 506 g/mol. The van der Waals surface area contributed by atoms with Crippen LogP contribution in [0.5, 0.6) is 11.5 Å². The Morgan fingerprint density at radius 1 is 0.865 bits per heavy atom. The van der Waals surface area contributed by atoms with E-state index >= 15 is 0 Å². The molecule has 9 heteroatoms. The molecule has 4 rings (SSSR count). The molecule has 0 radical (unpaired) electrons. The second-order valence-electron chi connectivity index (χ2n) is 8.56. The Bertz CT molecular complexity index is 1540. The Morgan fingerprint density at radius 2 is 1.43 bits per heavy atom. The lowest BCUT2D eigenvalue weighted by atomic mass is 10.1. The standard InChI is InChI=1S/C28H28FN3O5/c1-4-13-30-26(33)20-9-5-18(6-10-20)17-32-27(34)22-14-24(36-2)25(37-3)15-23(22)31(28(32)35)16-19-7-11-21(29)12-8-19/h5-12,14-15H,4,13,16-17H2,1-3H3,(H,30,33). The van der Waals surface area contributed by atoms with Crippen LogP contribution in [0.1, 0.15) is 34.8 Å². The van der Waals surface area contributed by atoms with Gasteiger partial charge in [0.15, 0.2) is 11.5 Å². The summed E-state index contributed by atoms with van der Waals surface area (Å²) in [7, 11) is 2.94. The van der Waals surface area contributed by atoms with E-state index in [1.54, 1.807) is 48.5 Å². The second kappa shape index (κ2) is 11.1. The first-order chi connectivity index (χ1) is 17.9. The summed E-state index contributed by atoms with van der Waals surface area (Å²) < 4.78 is 26.8. The summed E-state index contributed by atoms with van der Waals surface area (Å²) in [4.78, 5) is 39.4. The molecule has 1 amide bonds. The number of ether oxygens (including phenoxy) is 2. The minimum Gasteiger partial charge on any atom is -0.493 e. The molecular formula is C28H28FN3O5. The lowest BCUT2D eigenvalue weighted by Crippen LogP contribution is -2.40. The summed E-state index contributed by atoms with van der Waals surface area (Å²) in [6, 6.07) is 15.7. The van der Waals surface area contributed by atoms with Crippen molar-refractivity contribution in [3.8, 4) is 11.5 Å². The Kier molecular flexibility index (Phi) is 7.71. The molecule has 1 heterocycles. The van der Waals surface area contributed by atoms with E-state index in [0.717, 1.165) is 11.0 Å². The highest BCUT2D eigenvalue weighted by molar-refractivity contribution is 5.94. The molecule has 1 N–H and O–H groups in total. The highest BCUT2D eigenvalue weighted by atomic mass is 19.1. The number of halogens is 1. The first-order valence-corrected chi connectivity index (χ1v) is 11.9. The molecule has 192 valence electrons. The third-order valence-corrected chi connectivity index (χ3v) is 6.08. The van der Waals surface area contributed by atoms with Gasteiger partial charge < -0.3 is 14.8 Å². The number of hydrogen-bond acceptors (Lipinski definition) is 5. The first kappa shape index (κ1) is 25.7. The summed E-state index contributed by atoms with van der Waals surface area (Å²) >= 11 is 0. The van der Waals surface area contributed by atoms with Gasteiger partial charge in [-0.05, 0) is 47.9 Å². The maximum Gasteiger partial charge on any atom is 0.332 e. The molecule has 0 aliphatic rings. The first-order valence-electron chi connectivity index (χ1n) is 11.9. The van der Waals surface area contributed by atoms with Gasteiger partial charge in [0.2, 0.25) is 0 Å². The van der Waals surface area contributed by atoms with Crippen LogP contribution in [0.2, 0.25) is 0 Å². The van der Waals surface area contributed by atoms with Crippen molar-refractivity contribution in [3.63, 3.8) is 0 Å². The lowest BCUT2D eigenvalue weighted by Gasteiger charge is -2.17. The maximum atomic E-state index is 13.6. The number of hydrogen-bond donors (Lipinski definition) is 1. The number of amides is 1. The summed E-state index contributed by atoms with van der Waals surface area (Å²) in [5, 5.41) is 3.09. The van der Waals surface area contributed by atoms with E-state index < -0.39 is 11.2 Å². The molecule has 3 aromatic carbocycles. The predicted octanol–water partition coefficient (Wildman–Crippen LogP) is 3.56. The van der Waals surface area contributed by atoms with Crippen molar-refractivity contribution in [2.75, 3.05) is 20.8 Å². The van der Waals surface area contributed by atoms with Crippen LogP contribution in [0.4, 0.5) is 4.39 Å². The molecule has 0 aliphatic carbocycles. The molecule has 0 aliphatic heterocycles. The van der Waals surface area contributed by atoms with Gasteiger partial charge in [-0.2, -0.15) is 0 Å². The number of methoxy groups -OCH3 is 2. The number of nitrogens with zero attached hydrogens (tertiary/aromatic N) is 2. The molecule has 4 aromatic rings. The summed E-state index contributed by atoms with van der Waals surface area (Å²) in [6.07, 6.45) is 0.829. The molecule has 0 saturated carbocycles. The highest BCUT2D eigenvalue weighted by Crippen LogP contribution is 2.30. The number of carbonyl (C=O) groups excluding carboxylic acids is 1. The van der Waals surface area contributed by atoms with Gasteiger partial charge in [-0.1, -0.05) is 31.2 Å². The van der Waals surface area contributed by atoms with E-state index in [-0.39, 0.29) is 30.2 Å². The molecular weight excluding hydrogens is 477 g/mol. The van der Waals surface area contributed by atoms with E-state index in [0.29, 0.717) is 40.3 Å². The van der Waals surface area contributed by atoms with Gasteiger partial charge in [-0.15, -0.1) is 0 Å². The smallest absolute Gasteiger partial charge is 0.332 e. The highest BCUT2D eigenvalue weighted by Gasteiger charge is 2.18.